The third-order valence-electron chi connectivity index (χ3n) is 8.64. The first kappa shape index (κ1) is 34.1. The average molecular weight is 635 g/mol. The van der Waals surface area contributed by atoms with Gasteiger partial charge in [-0.1, -0.05) is 73.1 Å². The van der Waals surface area contributed by atoms with Gasteiger partial charge in [0, 0.05) is 70.0 Å². The van der Waals surface area contributed by atoms with Crippen LogP contribution in [0.4, 0.5) is 4.39 Å². The van der Waals surface area contributed by atoms with Crippen molar-refractivity contribution in [1.82, 2.24) is 20.4 Å². The van der Waals surface area contributed by atoms with Crippen LogP contribution in [-0.4, -0.2) is 73.3 Å². The van der Waals surface area contributed by atoms with Gasteiger partial charge in [0.05, 0.1) is 0 Å². The van der Waals surface area contributed by atoms with E-state index in [0.717, 1.165) is 37.9 Å². The Morgan fingerprint density at radius 1 is 1.00 bits per heavy atom. The van der Waals surface area contributed by atoms with Crippen LogP contribution in [0.25, 0.3) is 0 Å². The lowest BCUT2D eigenvalue weighted by molar-refractivity contribution is -0.138. The number of aryl methyl sites for hydroxylation is 1. The minimum Gasteiger partial charge on any atom is -0.345 e. The van der Waals surface area contributed by atoms with E-state index in [2.05, 4.69) is 22.8 Å². The fraction of sp³-hybridized carbons (Fsp3) is 0.417. The van der Waals surface area contributed by atoms with Gasteiger partial charge in [-0.2, -0.15) is 0 Å². The van der Waals surface area contributed by atoms with Crippen molar-refractivity contribution in [2.45, 2.75) is 51.5 Å². The van der Waals surface area contributed by atoms with Crippen LogP contribution in [0.2, 0.25) is 5.02 Å². The van der Waals surface area contributed by atoms with Gasteiger partial charge < -0.3 is 20.4 Å². The van der Waals surface area contributed by atoms with Gasteiger partial charge in [0.25, 0.3) is 0 Å². The molecule has 0 spiro atoms. The minimum atomic E-state index is -0.561. The Hall–Kier alpha value is -3.75. The summed E-state index contributed by atoms with van der Waals surface area (Å²) in [5.74, 6) is -0.313. The highest BCUT2D eigenvalue weighted by atomic mass is 35.5. The van der Waals surface area contributed by atoms with Crippen LogP contribution >= 0.6 is 11.6 Å². The maximum Gasteiger partial charge on any atom is 0.245 e. The predicted octanol–water partition coefficient (Wildman–Crippen LogP) is 5.01. The third-order valence-corrected chi connectivity index (χ3v) is 8.89. The number of nitrogens with one attached hydrogen (secondary N) is 2. The van der Waals surface area contributed by atoms with Crippen LogP contribution in [0, 0.1) is 11.7 Å². The van der Waals surface area contributed by atoms with Crippen molar-refractivity contribution in [3.63, 3.8) is 0 Å². The standard InChI is InChI=1S/C24H28ClN3O2.C12H16FNO/c25-21-9-5-17(6-10-21)15-22(24(30)28-13-11-26-12-14-28)27-23(29)20-8-7-18-3-1-2-4-19(18)16-20;1-9(8-14(3)10(2)15)11-6-4-5-7-12(11)13/h1-6,9-10,20,22,26H,7-8,11-16H2,(H,27,29);4-7,9H,8H2,1-3H3. The van der Waals surface area contributed by atoms with Gasteiger partial charge in [-0.15, -0.1) is 0 Å². The second-order valence-corrected chi connectivity index (χ2v) is 12.4. The Labute approximate surface area is 271 Å². The number of carbonyl (C=O) groups excluding carboxylic acids is 3. The first-order valence-corrected chi connectivity index (χ1v) is 16.1. The van der Waals surface area contributed by atoms with Crippen molar-refractivity contribution in [3.05, 3.63) is 106 Å². The Bertz CT molecular complexity index is 1440. The molecule has 0 saturated carbocycles. The molecular weight excluding hydrogens is 591 g/mol. The van der Waals surface area contributed by atoms with Crippen molar-refractivity contribution in [1.29, 1.82) is 0 Å². The molecular formula is C36H44ClFN4O3. The monoisotopic (exact) mass is 634 g/mol. The van der Waals surface area contributed by atoms with Crippen LogP contribution in [0.15, 0.2) is 72.8 Å². The molecule has 5 rings (SSSR count). The van der Waals surface area contributed by atoms with Gasteiger partial charge in [0.2, 0.25) is 17.7 Å². The summed E-state index contributed by atoms with van der Waals surface area (Å²) in [5.41, 5.74) is 4.22. The van der Waals surface area contributed by atoms with Crippen LogP contribution < -0.4 is 10.6 Å². The number of amides is 3. The smallest absolute Gasteiger partial charge is 0.245 e. The predicted molar refractivity (Wildman–Crippen MR) is 177 cm³/mol. The maximum atomic E-state index is 13.4. The quantitative estimate of drug-likeness (QED) is 0.365. The number of carbonyl (C=O) groups is 3. The maximum absolute atomic E-state index is 13.4. The van der Waals surface area contributed by atoms with Gasteiger partial charge in [0.15, 0.2) is 0 Å². The molecule has 45 heavy (non-hydrogen) atoms. The topological polar surface area (TPSA) is 81.8 Å². The molecule has 240 valence electrons. The molecule has 1 aliphatic heterocycles. The molecule has 1 heterocycles. The molecule has 3 atom stereocenters. The Balaban J connectivity index is 0.000000259. The molecule has 0 bridgehead atoms. The molecule has 2 aliphatic rings. The summed E-state index contributed by atoms with van der Waals surface area (Å²) in [4.78, 5) is 40.9. The molecule has 0 radical (unpaired) electrons. The van der Waals surface area contributed by atoms with Crippen LogP contribution in [0.5, 0.6) is 0 Å². The highest BCUT2D eigenvalue weighted by Gasteiger charge is 2.31. The molecule has 1 saturated heterocycles. The molecule has 1 aliphatic carbocycles. The van der Waals surface area contributed by atoms with Crippen molar-refractivity contribution < 1.29 is 18.8 Å². The fourth-order valence-corrected chi connectivity index (χ4v) is 6.01. The number of hydrogen-bond donors (Lipinski definition) is 2. The minimum absolute atomic E-state index is 0.00168. The molecule has 7 nitrogen and oxygen atoms in total. The van der Waals surface area contributed by atoms with Gasteiger partial charge in [0.1, 0.15) is 11.9 Å². The zero-order chi connectivity index (χ0) is 32.3. The zero-order valence-electron chi connectivity index (χ0n) is 26.4. The first-order valence-electron chi connectivity index (χ1n) is 15.7. The second-order valence-electron chi connectivity index (χ2n) is 12.0. The summed E-state index contributed by atoms with van der Waals surface area (Å²) in [6, 6.07) is 21.9. The van der Waals surface area contributed by atoms with Crippen LogP contribution in [0.1, 0.15) is 48.4 Å². The fourth-order valence-electron chi connectivity index (χ4n) is 5.89. The lowest BCUT2D eigenvalue weighted by Crippen LogP contribution is -2.55. The number of piperazine rings is 1. The zero-order valence-corrected chi connectivity index (χ0v) is 27.2. The molecule has 1 fully saturated rings. The molecule has 3 unspecified atom stereocenters. The van der Waals surface area contributed by atoms with E-state index in [0.29, 0.717) is 36.6 Å². The van der Waals surface area contributed by atoms with Crippen molar-refractivity contribution in [3.8, 4) is 0 Å². The number of fused-ring (bicyclic) bond motifs is 1. The van der Waals surface area contributed by atoms with Gasteiger partial charge >= 0.3 is 0 Å². The van der Waals surface area contributed by atoms with Crippen molar-refractivity contribution >= 4 is 29.3 Å². The van der Waals surface area contributed by atoms with Crippen LogP contribution in [-0.2, 0) is 33.6 Å². The SMILES string of the molecule is CC(=O)N(C)CC(C)c1ccccc1F.O=C(NC(Cc1ccc(Cl)cc1)C(=O)N1CCNCC1)C1CCc2ccccc2C1. The number of rotatable bonds is 8. The van der Waals surface area contributed by atoms with Crippen molar-refractivity contribution in [2.75, 3.05) is 39.8 Å². The Morgan fingerprint density at radius 3 is 2.31 bits per heavy atom. The number of nitrogens with zero attached hydrogens (tertiary/aromatic N) is 2. The third kappa shape index (κ3) is 9.87. The van der Waals surface area contributed by atoms with E-state index in [1.165, 1.54) is 24.1 Å². The van der Waals surface area contributed by atoms with E-state index in [4.69, 9.17) is 11.6 Å². The number of hydrogen-bond acceptors (Lipinski definition) is 4. The van der Waals surface area contributed by atoms with Crippen molar-refractivity contribution in [2.24, 2.45) is 5.92 Å². The lowest BCUT2D eigenvalue weighted by atomic mass is 9.83. The summed E-state index contributed by atoms with van der Waals surface area (Å²) in [5, 5.41) is 7.03. The molecule has 9 heteroatoms. The molecule has 3 aromatic carbocycles. The summed E-state index contributed by atoms with van der Waals surface area (Å²) < 4.78 is 13.4. The summed E-state index contributed by atoms with van der Waals surface area (Å²) in [6.07, 6.45) is 2.92. The number of benzene rings is 3. The molecule has 3 amide bonds. The van der Waals surface area contributed by atoms with Crippen LogP contribution in [0.3, 0.4) is 0 Å². The highest BCUT2D eigenvalue weighted by Crippen LogP contribution is 2.26. The average Bonchev–Trinajstić information content (AvgIpc) is 3.05. The lowest BCUT2D eigenvalue weighted by Gasteiger charge is -2.32. The van der Waals surface area contributed by atoms with E-state index in [-0.39, 0.29) is 35.4 Å². The van der Waals surface area contributed by atoms with E-state index in [1.807, 2.05) is 54.3 Å². The van der Waals surface area contributed by atoms with Gasteiger partial charge in [-0.25, -0.2) is 4.39 Å². The van der Waals surface area contributed by atoms with Gasteiger partial charge in [-0.05, 0) is 59.7 Å². The molecule has 0 aromatic heterocycles. The van der Waals surface area contributed by atoms with E-state index >= 15 is 0 Å². The summed E-state index contributed by atoms with van der Waals surface area (Å²) in [7, 11) is 1.72. The Kier molecular flexibility index (Phi) is 12.5. The van der Waals surface area contributed by atoms with E-state index < -0.39 is 6.04 Å². The summed E-state index contributed by atoms with van der Waals surface area (Å²) >= 11 is 6.01. The van der Waals surface area contributed by atoms with E-state index in [1.54, 1.807) is 24.1 Å². The van der Waals surface area contributed by atoms with Gasteiger partial charge in [-0.3, -0.25) is 14.4 Å². The number of likely N-dealkylation sites (N-methyl/N-ethyl adjacent to an activating group) is 1. The molecule has 3 aromatic rings. The normalized spacial score (nSPS) is 17.2. The Morgan fingerprint density at radius 2 is 1.64 bits per heavy atom. The largest absolute Gasteiger partial charge is 0.345 e. The second kappa shape index (κ2) is 16.5. The number of halogens is 2. The van der Waals surface area contributed by atoms with E-state index in [9.17, 15) is 18.8 Å². The molecule has 2 N–H and O–H groups in total. The first-order chi connectivity index (χ1) is 21.6. The summed E-state index contributed by atoms with van der Waals surface area (Å²) in [6.45, 7) is 6.87. The highest BCUT2D eigenvalue weighted by molar-refractivity contribution is 6.30.